The van der Waals surface area contributed by atoms with Crippen LogP contribution in [0.5, 0.6) is 0 Å². The first-order valence-electron chi connectivity index (χ1n) is 3.22. The van der Waals surface area contributed by atoms with E-state index in [2.05, 4.69) is 0 Å². The third-order valence-electron chi connectivity index (χ3n) is 1.40. The fraction of sp³-hybridized carbons (Fsp3) is 0. The number of hydrogen-bond donors (Lipinski definition) is 0. The van der Waals surface area contributed by atoms with Crippen molar-refractivity contribution < 1.29 is 73.7 Å². The summed E-state index contributed by atoms with van der Waals surface area (Å²) >= 11 is 0. The molecule has 0 aromatic heterocycles. The zero-order valence-corrected chi connectivity index (χ0v) is 11.4. The first kappa shape index (κ1) is 15.1. The van der Waals surface area contributed by atoms with E-state index in [9.17, 15) is 27.5 Å². The summed E-state index contributed by atoms with van der Waals surface area (Å²) in [5.41, 5.74) is -1.04. The van der Waals surface area contributed by atoms with Gasteiger partial charge in [-0.1, -0.05) is 0 Å². The molecule has 0 spiro atoms. The molecule has 0 amide bonds. The van der Waals surface area contributed by atoms with Gasteiger partial charge in [0.25, 0.3) is 0 Å². The Labute approximate surface area is 127 Å². The Bertz CT molecular complexity index is 488. The van der Waals surface area contributed by atoms with Gasteiger partial charge in [-0.2, -0.15) is 4.39 Å². The zero-order valence-electron chi connectivity index (χ0n) is 7.51. The van der Waals surface area contributed by atoms with Crippen LogP contribution in [0.15, 0.2) is 23.1 Å². The van der Waals surface area contributed by atoms with Gasteiger partial charge in [0.1, 0.15) is 10.1 Å². The van der Waals surface area contributed by atoms with Gasteiger partial charge >= 0.3 is 57.1 Å². The Hall–Kier alpha value is 0.0964. The fourth-order valence-electron chi connectivity index (χ4n) is 0.788. The van der Waals surface area contributed by atoms with Crippen LogP contribution in [-0.4, -0.2) is 17.9 Å². The number of benzene rings is 1. The monoisotopic (exact) mass is 259 g/mol. The molecule has 0 aliphatic carbocycles. The second-order valence-electron chi connectivity index (χ2n) is 2.32. The standard InChI is InChI=1S/C6H4FNO5S.K/c7-5-2-1-4(14(11,12)13)3-6(5)8(9)10;/h1-3H,(H,11,12,13);/q;+1/p-1. The average Bonchev–Trinajstić information content (AvgIpc) is 2.02. The van der Waals surface area contributed by atoms with Crippen molar-refractivity contribution in [3.63, 3.8) is 0 Å². The SMILES string of the molecule is O=[N+]([O-])c1cc(S(=O)(=O)[O-])ccc1F.[K+]. The van der Waals surface area contributed by atoms with Gasteiger partial charge in [-0.25, -0.2) is 8.42 Å². The van der Waals surface area contributed by atoms with Crippen molar-refractivity contribution >= 4 is 15.8 Å². The summed E-state index contributed by atoms with van der Waals surface area (Å²) in [6, 6.07) is 1.62. The van der Waals surface area contributed by atoms with Gasteiger partial charge in [0.05, 0.1) is 9.82 Å². The van der Waals surface area contributed by atoms with E-state index in [1.807, 2.05) is 0 Å². The van der Waals surface area contributed by atoms with Crippen LogP contribution in [-0.2, 0) is 10.1 Å². The molecule has 0 N–H and O–H groups in total. The predicted molar refractivity (Wildman–Crippen MR) is 41.0 cm³/mol. The van der Waals surface area contributed by atoms with Gasteiger partial charge in [0, 0.05) is 6.07 Å². The number of rotatable bonds is 2. The zero-order chi connectivity index (χ0) is 10.9. The van der Waals surface area contributed by atoms with Crippen LogP contribution in [0.4, 0.5) is 10.1 Å². The molecule has 0 saturated heterocycles. The van der Waals surface area contributed by atoms with Crippen LogP contribution >= 0.6 is 0 Å². The van der Waals surface area contributed by atoms with E-state index in [1.54, 1.807) is 0 Å². The minimum absolute atomic E-state index is 0. The second kappa shape index (κ2) is 5.43. The largest absolute Gasteiger partial charge is 1.00 e. The van der Waals surface area contributed by atoms with E-state index < -0.39 is 31.4 Å². The summed E-state index contributed by atoms with van der Waals surface area (Å²) in [4.78, 5) is 8.23. The molecule has 1 aromatic carbocycles. The third-order valence-corrected chi connectivity index (χ3v) is 2.23. The summed E-state index contributed by atoms with van der Waals surface area (Å²) in [5.74, 6) is -1.19. The van der Waals surface area contributed by atoms with Gasteiger partial charge in [-0.3, -0.25) is 10.1 Å². The number of halogens is 1. The fourth-order valence-corrected chi connectivity index (χ4v) is 1.28. The Kier molecular flexibility index (Phi) is 5.47. The molecular formula is C6H3FKNO5S. The van der Waals surface area contributed by atoms with Crippen molar-refractivity contribution in [3.8, 4) is 0 Å². The van der Waals surface area contributed by atoms with Crippen molar-refractivity contribution in [3.05, 3.63) is 34.1 Å². The molecular weight excluding hydrogens is 256 g/mol. The molecule has 6 nitrogen and oxygen atoms in total. The van der Waals surface area contributed by atoms with Crippen LogP contribution in [0.3, 0.4) is 0 Å². The number of nitrogens with zero attached hydrogens (tertiary/aromatic N) is 1. The second-order valence-corrected chi connectivity index (χ2v) is 3.70. The first-order valence-corrected chi connectivity index (χ1v) is 4.63. The molecule has 0 aliphatic heterocycles. The summed E-state index contributed by atoms with van der Waals surface area (Å²) in [6.07, 6.45) is 0. The minimum atomic E-state index is -4.80. The van der Waals surface area contributed by atoms with E-state index >= 15 is 0 Å². The maximum atomic E-state index is 12.7. The smallest absolute Gasteiger partial charge is 0.744 e. The van der Waals surface area contributed by atoms with Gasteiger partial charge in [0.15, 0.2) is 0 Å². The van der Waals surface area contributed by atoms with Gasteiger partial charge in [-0.05, 0) is 12.1 Å². The maximum absolute atomic E-state index is 12.7. The Morgan fingerprint density at radius 3 is 2.27 bits per heavy atom. The molecule has 76 valence electrons. The topological polar surface area (TPSA) is 100 Å². The quantitative estimate of drug-likeness (QED) is 0.256. The molecule has 1 aromatic rings. The van der Waals surface area contributed by atoms with Gasteiger partial charge in [-0.15, -0.1) is 0 Å². The maximum Gasteiger partial charge on any atom is 1.00 e. The number of nitro benzene ring substituents is 1. The number of hydrogen-bond acceptors (Lipinski definition) is 5. The van der Waals surface area contributed by atoms with Gasteiger partial charge in [0.2, 0.25) is 5.82 Å². The Balaban J connectivity index is 0.00000196. The summed E-state index contributed by atoms with van der Waals surface area (Å²) in [7, 11) is -4.80. The van der Waals surface area contributed by atoms with Crippen molar-refractivity contribution in [2.45, 2.75) is 4.90 Å². The predicted octanol–water partition coefficient (Wildman–Crippen LogP) is -2.36. The molecule has 0 bridgehead atoms. The van der Waals surface area contributed by atoms with Crippen molar-refractivity contribution in [2.24, 2.45) is 0 Å². The Morgan fingerprint density at radius 1 is 1.33 bits per heavy atom. The van der Waals surface area contributed by atoms with E-state index in [0.717, 1.165) is 0 Å². The normalized spacial score (nSPS) is 10.5. The molecule has 0 heterocycles. The van der Waals surface area contributed by atoms with E-state index in [-0.39, 0.29) is 51.4 Å². The average molecular weight is 259 g/mol. The van der Waals surface area contributed by atoms with Crippen LogP contribution in [0.1, 0.15) is 0 Å². The van der Waals surface area contributed by atoms with Crippen molar-refractivity contribution in [1.82, 2.24) is 0 Å². The molecule has 0 atom stereocenters. The van der Waals surface area contributed by atoms with Crippen LogP contribution in [0.25, 0.3) is 0 Å². The molecule has 0 unspecified atom stereocenters. The summed E-state index contributed by atoms with van der Waals surface area (Å²) < 4.78 is 43.9. The summed E-state index contributed by atoms with van der Waals surface area (Å²) in [6.45, 7) is 0. The van der Waals surface area contributed by atoms with E-state index in [4.69, 9.17) is 0 Å². The van der Waals surface area contributed by atoms with Crippen LogP contribution in [0, 0.1) is 15.9 Å². The molecule has 0 radical (unpaired) electrons. The molecule has 9 heteroatoms. The van der Waals surface area contributed by atoms with Gasteiger partial charge < -0.3 is 4.55 Å². The summed E-state index contributed by atoms with van der Waals surface area (Å²) in [5, 5.41) is 10.2. The Morgan fingerprint density at radius 2 is 1.87 bits per heavy atom. The third kappa shape index (κ3) is 3.87. The minimum Gasteiger partial charge on any atom is -0.744 e. The van der Waals surface area contributed by atoms with Crippen molar-refractivity contribution in [2.75, 3.05) is 0 Å². The van der Waals surface area contributed by atoms with E-state index in [0.29, 0.717) is 18.2 Å². The molecule has 0 saturated carbocycles. The van der Waals surface area contributed by atoms with E-state index in [1.165, 1.54) is 0 Å². The first-order chi connectivity index (χ1) is 6.32. The van der Waals surface area contributed by atoms with Crippen LogP contribution in [0.2, 0.25) is 0 Å². The molecule has 15 heavy (non-hydrogen) atoms. The van der Waals surface area contributed by atoms with Crippen molar-refractivity contribution in [1.29, 1.82) is 0 Å². The number of nitro groups is 1. The molecule has 0 aliphatic rings. The van der Waals surface area contributed by atoms with Crippen LogP contribution < -0.4 is 51.4 Å². The molecule has 1 rings (SSSR count). The molecule has 0 fully saturated rings.